The van der Waals surface area contributed by atoms with E-state index in [0.717, 1.165) is 34.5 Å². The summed E-state index contributed by atoms with van der Waals surface area (Å²) in [4.78, 5) is 9.52. The maximum Gasteiger partial charge on any atom is 0.185 e. The molecule has 1 aromatic carbocycles. The molecule has 0 saturated heterocycles. The van der Waals surface area contributed by atoms with Crippen molar-refractivity contribution in [3.05, 3.63) is 41.9 Å². The quantitative estimate of drug-likeness (QED) is 0.558. The maximum absolute atomic E-state index is 5.46. The average Bonchev–Trinajstić information content (AvgIpc) is 3.16. The van der Waals surface area contributed by atoms with Crippen molar-refractivity contribution in [1.29, 1.82) is 0 Å². The van der Waals surface area contributed by atoms with E-state index in [-0.39, 0.29) is 0 Å². The molecule has 0 fully saturated rings. The Morgan fingerprint density at radius 1 is 1.12 bits per heavy atom. The van der Waals surface area contributed by atoms with Gasteiger partial charge in [-0.25, -0.2) is 14.5 Å². The second kappa shape index (κ2) is 6.12. The van der Waals surface area contributed by atoms with E-state index in [2.05, 4.69) is 42.3 Å². The van der Waals surface area contributed by atoms with Crippen molar-refractivity contribution in [1.82, 2.24) is 24.1 Å². The highest BCUT2D eigenvalue weighted by atomic mass is 16.5. The Morgan fingerprint density at radius 3 is 2.62 bits per heavy atom. The summed E-state index contributed by atoms with van der Waals surface area (Å²) in [7, 11) is 1.66. The molecule has 0 unspecified atom stereocenters. The van der Waals surface area contributed by atoms with Crippen molar-refractivity contribution >= 4 is 16.7 Å². The van der Waals surface area contributed by atoms with Gasteiger partial charge in [0.15, 0.2) is 11.5 Å². The smallest absolute Gasteiger partial charge is 0.185 e. The van der Waals surface area contributed by atoms with Gasteiger partial charge in [-0.15, -0.1) is 5.10 Å². The van der Waals surface area contributed by atoms with E-state index in [9.17, 15) is 0 Å². The Kier molecular flexibility index (Phi) is 3.90. The molecule has 0 N–H and O–H groups in total. The van der Waals surface area contributed by atoms with Crippen molar-refractivity contribution in [2.45, 2.75) is 34.2 Å². The summed E-state index contributed by atoms with van der Waals surface area (Å²) in [5.74, 6) is 1.95. The molecule has 4 aromatic rings. The summed E-state index contributed by atoms with van der Waals surface area (Å²) in [5, 5.41) is 5.71. The second-order valence-corrected chi connectivity index (χ2v) is 7.06. The van der Waals surface area contributed by atoms with Gasteiger partial charge in [0, 0.05) is 12.2 Å². The zero-order chi connectivity index (χ0) is 18.4. The molecular formula is C20H23N5O. The van der Waals surface area contributed by atoms with Gasteiger partial charge >= 0.3 is 0 Å². The normalized spacial score (nSPS) is 11.8. The van der Waals surface area contributed by atoms with Gasteiger partial charge in [0.25, 0.3) is 0 Å². The van der Waals surface area contributed by atoms with Crippen LogP contribution in [0, 0.1) is 19.8 Å². The fourth-order valence-electron chi connectivity index (χ4n) is 3.46. The summed E-state index contributed by atoms with van der Waals surface area (Å²) in [6.45, 7) is 9.65. The van der Waals surface area contributed by atoms with E-state index >= 15 is 0 Å². The lowest BCUT2D eigenvalue weighted by molar-refractivity contribution is 0.416. The van der Waals surface area contributed by atoms with Gasteiger partial charge in [-0.05, 0) is 37.5 Å². The standard InChI is InChI=1S/C20H23N5O/c1-12(2)10-24-14(4)13(3)17-19(24)21-11-25-20(17)22-18(23-25)15-8-6-7-9-16(15)26-5/h6-9,11-12H,10H2,1-5H3. The summed E-state index contributed by atoms with van der Waals surface area (Å²) >= 11 is 0. The van der Waals surface area contributed by atoms with Crippen LogP contribution in [0.2, 0.25) is 0 Å². The lowest BCUT2D eigenvalue weighted by Gasteiger charge is -2.10. The minimum absolute atomic E-state index is 0.545. The summed E-state index contributed by atoms with van der Waals surface area (Å²) in [6, 6.07) is 7.80. The van der Waals surface area contributed by atoms with Gasteiger partial charge in [0.2, 0.25) is 0 Å². The van der Waals surface area contributed by atoms with Crippen LogP contribution in [0.25, 0.3) is 28.1 Å². The zero-order valence-electron chi connectivity index (χ0n) is 15.8. The fourth-order valence-corrected chi connectivity index (χ4v) is 3.46. The highest BCUT2D eigenvalue weighted by molar-refractivity contribution is 5.94. The molecule has 0 amide bonds. The topological polar surface area (TPSA) is 57.2 Å². The van der Waals surface area contributed by atoms with Crippen LogP contribution in [0.1, 0.15) is 25.1 Å². The molecule has 0 aliphatic heterocycles. The van der Waals surface area contributed by atoms with Gasteiger partial charge in [0.05, 0.1) is 18.1 Å². The molecule has 0 radical (unpaired) electrons. The third-order valence-corrected chi connectivity index (χ3v) is 4.84. The van der Waals surface area contributed by atoms with E-state index in [1.165, 1.54) is 11.3 Å². The Hall–Kier alpha value is -2.89. The summed E-state index contributed by atoms with van der Waals surface area (Å²) < 4.78 is 9.51. The molecule has 6 nitrogen and oxygen atoms in total. The monoisotopic (exact) mass is 349 g/mol. The molecule has 3 heterocycles. The number of hydrogen-bond donors (Lipinski definition) is 0. The zero-order valence-corrected chi connectivity index (χ0v) is 15.8. The number of rotatable bonds is 4. The van der Waals surface area contributed by atoms with Crippen LogP contribution in [-0.4, -0.2) is 31.3 Å². The first kappa shape index (κ1) is 16.6. The molecule has 0 bridgehead atoms. The predicted octanol–water partition coefficient (Wildman–Crippen LogP) is 4.03. The number of fused-ring (bicyclic) bond motifs is 3. The van der Waals surface area contributed by atoms with Crippen LogP contribution >= 0.6 is 0 Å². The summed E-state index contributed by atoms with van der Waals surface area (Å²) in [6.07, 6.45) is 1.75. The van der Waals surface area contributed by atoms with Gasteiger partial charge in [0.1, 0.15) is 17.7 Å². The molecule has 0 aliphatic carbocycles. The predicted molar refractivity (Wildman–Crippen MR) is 103 cm³/mol. The van der Waals surface area contributed by atoms with Crippen molar-refractivity contribution in [2.24, 2.45) is 5.92 Å². The molecular weight excluding hydrogens is 326 g/mol. The Labute approximate surface area is 152 Å². The molecule has 4 rings (SSSR count). The summed E-state index contributed by atoms with van der Waals surface area (Å²) in [5.41, 5.74) is 5.12. The maximum atomic E-state index is 5.46. The Bertz CT molecular complexity index is 1110. The van der Waals surface area contributed by atoms with E-state index in [1.54, 1.807) is 18.0 Å². The lowest BCUT2D eigenvalue weighted by atomic mass is 10.2. The van der Waals surface area contributed by atoms with Crippen molar-refractivity contribution < 1.29 is 4.74 Å². The van der Waals surface area contributed by atoms with Gasteiger partial charge < -0.3 is 9.30 Å². The molecule has 134 valence electrons. The number of aryl methyl sites for hydroxylation is 1. The third kappa shape index (κ3) is 2.44. The van der Waals surface area contributed by atoms with Gasteiger partial charge in [-0.3, -0.25) is 0 Å². The molecule has 0 atom stereocenters. The number of benzene rings is 1. The third-order valence-electron chi connectivity index (χ3n) is 4.84. The Morgan fingerprint density at radius 2 is 1.88 bits per heavy atom. The van der Waals surface area contributed by atoms with E-state index < -0.39 is 0 Å². The second-order valence-electron chi connectivity index (χ2n) is 7.06. The number of methoxy groups -OCH3 is 1. The van der Waals surface area contributed by atoms with Gasteiger partial charge in [-0.2, -0.15) is 0 Å². The largest absolute Gasteiger partial charge is 0.496 e. The van der Waals surface area contributed by atoms with Crippen LogP contribution in [-0.2, 0) is 6.54 Å². The first-order valence-electron chi connectivity index (χ1n) is 8.85. The number of aromatic nitrogens is 5. The SMILES string of the molecule is COc1ccccc1-c1nc2c3c(C)c(C)n(CC(C)C)c3ncn2n1. The number of para-hydroxylation sites is 1. The number of hydrogen-bond acceptors (Lipinski definition) is 4. The number of ether oxygens (including phenoxy) is 1. The lowest BCUT2D eigenvalue weighted by Crippen LogP contribution is -2.07. The molecule has 0 saturated carbocycles. The van der Waals surface area contributed by atoms with Crippen molar-refractivity contribution in [3.63, 3.8) is 0 Å². The minimum Gasteiger partial charge on any atom is -0.496 e. The van der Waals surface area contributed by atoms with E-state index in [1.807, 2.05) is 24.3 Å². The molecule has 0 spiro atoms. The van der Waals surface area contributed by atoms with Gasteiger partial charge in [-0.1, -0.05) is 26.0 Å². The minimum atomic E-state index is 0.545. The molecule has 0 aliphatic rings. The highest BCUT2D eigenvalue weighted by Gasteiger charge is 2.19. The van der Waals surface area contributed by atoms with Crippen LogP contribution < -0.4 is 4.74 Å². The Balaban J connectivity index is 1.98. The van der Waals surface area contributed by atoms with Crippen LogP contribution in [0.3, 0.4) is 0 Å². The van der Waals surface area contributed by atoms with E-state index in [4.69, 9.17) is 9.72 Å². The molecule has 26 heavy (non-hydrogen) atoms. The van der Waals surface area contributed by atoms with Crippen LogP contribution in [0.4, 0.5) is 0 Å². The number of nitrogens with zero attached hydrogens (tertiary/aromatic N) is 5. The van der Waals surface area contributed by atoms with Crippen LogP contribution in [0.5, 0.6) is 5.75 Å². The average molecular weight is 349 g/mol. The highest BCUT2D eigenvalue weighted by Crippen LogP contribution is 2.31. The van der Waals surface area contributed by atoms with E-state index in [0.29, 0.717) is 11.7 Å². The first-order chi connectivity index (χ1) is 12.5. The van der Waals surface area contributed by atoms with Crippen LogP contribution in [0.15, 0.2) is 30.6 Å². The first-order valence-corrected chi connectivity index (χ1v) is 8.85. The molecule has 3 aromatic heterocycles. The van der Waals surface area contributed by atoms with Crippen molar-refractivity contribution in [3.8, 4) is 17.1 Å². The fraction of sp³-hybridized carbons (Fsp3) is 0.350. The van der Waals surface area contributed by atoms with Crippen molar-refractivity contribution in [2.75, 3.05) is 7.11 Å². The molecule has 6 heteroatoms.